The average Bonchev–Trinajstić information content (AvgIpc) is 2.92. The van der Waals surface area contributed by atoms with Gasteiger partial charge < -0.3 is 4.98 Å². The van der Waals surface area contributed by atoms with Gasteiger partial charge in [-0.05, 0) is 23.1 Å². The van der Waals surface area contributed by atoms with Gasteiger partial charge in [-0.25, -0.2) is 0 Å². The van der Waals surface area contributed by atoms with Crippen LogP contribution in [0.15, 0.2) is 36.7 Å². The summed E-state index contributed by atoms with van der Waals surface area (Å²) in [7, 11) is 1.48. The topological polar surface area (TPSA) is 33.6 Å². The van der Waals surface area contributed by atoms with E-state index in [9.17, 15) is 13.2 Å². The van der Waals surface area contributed by atoms with E-state index in [1.807, 2.05) is 6.07 Å². The zero-order chi connectivity index (χ0) is 13.6. The number of aromatic amines is 1. The smallest absolute Gasteiger partial charge is 0.361 e. The van der Waals surface area contributed by atoms with Gasteiger partial charge in [-0.1, -0.05) is 12.1 Å². The van der Waals surface area contributed by atoms with Crippen molar-refractivity contribution in [3.05, 3.63) is 42.4 Å². The summed E-state index contributed by atoms with van der Waals surface area (Å²) in [6, 6.07) is 7.02. The lowest BCUT2D eigenvalue weighted by Crippen LogP contribution is -2.08. The van der Waals surface area contributed by atoms with Gasteiger partial charge in [0.25, 0.3) is 0 Å². The van der Waals surface area contributed by atoms with E-state index in [0.717, 1.165) is 10.9 Å². The number of nitrogens with one attached hydrogen (secondary N) is 1. The molecule has 98 valence electrons. The maximum atomic E-state index is 12.9. The molecule has 19 heavy (non-hydrogen) atoms. The first-order valence-corrected chi connectivity index (χ1v) is 5.63. The molecule has 0 aliphatic heterocycles. The van der Waals surface area contributed by atoms with Crippen LogP contribution < -0.4 is 0 Å². The van der Waals surface area contributed by atoms with Gasteiger partial charge in [-0.15, -0.1) is 0 Å². The number of hydrogen-bond donors (Lipinski definition) is 1. The molecule has 6 heteroatoms. The van der Waals surface area contributed by atoms with Crippen LogP contribution in [0.25, 0.3) is 22.0 Å². The first-order chi connectivity index (χ1) is 8.95. The van der Waals surface area contributed by atoms with Gasteiger partial charge in [0.1, 0.15) is 0 Å². The van der Waals surface area contributed by atoms with Crippen molar-refractivity contribution in [1.29, 1.82) is 0 Å². The molecule has 0 radical (unpaired) electrons. The lowest BCUT2D eigenvalue weighted by atomic mass is 10.0. The second-order valence-electron chi connectivity index (χ2n) is 4.34. The summed E-state index contributed by atoms with van der Waals surface area (Å²) in [6.07, 6.45) is -1.32. The van der Waals surface area contributed by atoms with Crippen molar-refractivity contribution in [3.8, 4) is 11.1 Å². The quantitative estimate of drug-likeness (QED) is 0.716. The summed E-state index contributed by atoms with van der Waals surface area (Å²) in [6.45, 7) is 0. The fraction of sp³-hybridized carbons (Fsp3) is 0.154. The second kappa shape index (κ2) is 3.88. The number of aromatic nitrogens is 3. The second-order valence-corrected chi connectivity index (χ2v) is 4.34. The Hall–Kier alpha value is -2.24. The molecule has 1 N–H and O–H groups in total. The number of fused-ring (bicyclic) bond motifs is 1. The molecule has 0 spiro atoms. The van der Waals surface area contributed by atoms with Crippen molar-refractivity contribution in [3.63, 3.8) is 0 Å². The molecule has 0 amide bonds. The van der Waals surface area contributed by atoms with Crippen LogP contribution in [0.1, 0.15) is 5.69 Å². The van der Waals surface area contributed by atoms with Crippen LogP contribution in [0.5, 0.6) is 0 Å². The lowest BCUT2D eigenvalue weighted by Gasteiger charge is -2.06. The van der Waals surface area contributed by atoms with Gasteiger partial charge >= 0.3 is 6.18 Å². The van der Waals surface area contributed by atoms with Crippen LogP contribution >= 0.6 is 0 Å². The third-order valence-corrected chi connectivity index (χ3v) is 2.96. The molecule has 0 aliphatic rings. The van der Waals surface area contributed by atoms with E-state index < -0.39 is 11.9 Å². The fourth-order valence-electron chi connectivity index (χ4n) is 2.12. The maximum absolute atomic E-state index is 12.9. The summed E-state index contributed by atoms with van der Waals surface area (Å²) in [5.41, 5.74) is 0.525. The van der Waals surface area contributed by atoms with Crippen molar-refractivity contribution < 1.29 is 13.2 Å². The summed E-state index contributed by atoms with van der Waals surface area (Å²) in [5, 5.41) is 4.47. The standard InChI is InChI=1S/C13H10F3N3/c1-19-7-10(12(18-19)13(14,15)16)9-3-2-8-4-5-17-11(8)6-9/h2-7,17H,1H3. The molecule has 2 aromatic heterocycles. The zero-order valence-electron chi connectivity index (χ0n) is 9.99. The number of halogens is 3. The van der Waals surface area contributed by atoms with E-state index in [1.54, 1.807) is 24.4 Å². The Bertz CT molecular complexity index is 737. The summed E-state index contributed by atoms with van der Waals surface area (Å²) in [5.74, 6) is 0. The monoisotopic (exact) mass is 265 g/mol. The van der Waals surface area contributed by atoms with Crippen LogP contribution in [0, 0.1) is 0 Å². The molecule has 3 aromatic rings. The Kier molecular flexibility index (Phi) is 2.41. The highest BCUT2D eigenvalue weighted by molar-refractivity contribution is 5.85. The van der Waals surface area contributed by atoms with Crippen LogP contribution in [-0.4, -0.2) is 14.8 Å². The lowest BCUT2D eigenvalue weighted by molar-refractivity contribution is -0.140. The van der Waals surface area contributed by atoms with Crippen LogP contribution in [0.3, 0.4) is 0 Å². The number of aryl methyl sites for hydroxylation is 1. The molecule has 0 saturated heterocycles. The van der Waals surface area contributed by atoms with Crippen molar-refractivity contribution in [2.45, 2.75) is 6.18 Å². The summed E-state index contributed by atoms with van der Waals surface area (Å²) in [4.78, 5) is 2.99. The zero-order valence-corrected chi connectivity index (χ0v) is 9.99. The molecular formula is C13H10F3N3. The molecule has 3 rings (SSSR count). The van der Waals surface area contributed by atoms with E-state index in [4.69, 9.17) is 0 Å². The Morgan fingerprint density at radius 3 is 2.74 bits per heavy atom. The van der Waals surface area contributed by atoms with E-state index in [0.29, 0.717) is 5.56 Å². The molecule has 0 bridgehead atoms. The van der Waals surface area contributed by atoms with Gasteiger partial charge in [0.2, 0.25) is 0 Å². The fourth-order valence-corrected chi connectivity index (χ4v) is 2.12. The molecule has 3 nitrogen and oxygen atoms in total. The largest absolute Gasteiger partial charge is 0.435 e. The highest BCUT2D eigenvalue weighted by Crippen LogP contribution is 2.36. The van der Waals surface area contributed by atoms with Crippen LogP contribution in [0.4, 0.5) is 13.2 Å². The molecule has 0 aliphatic carbocycles. The summed E-state index contributed by atoms with van der Waals surface area (Å²) < 4.78 is 39.9. The molecule has 1 aromatic carbocycles. The molecule has 0 atom stereocenters. The predicted octanol–water partition coefficient (Wildman–Crippen LogP) is 3.59. The van der Waals surface area contributed by atoms with E-state index in [2.05, 4.69) is 10.1 Å². The highest BCUT2D eigenvalue weighted by atomic mass is 19.4. The number of benzene rings is 1. The van der Waals surface area contributed by atoms with Gasteiger partial charge in [-0.3, -0.25) is 4.68 Å². The van der Waals surface area contributed by atoms with Crippen LogP contribution in [0.2, 0.25) is 0 Å². The first kappa shape index (κ1) is 11.8. The predicted molar refractivity (Wildman–Crippen MR) is 65.5 cm³/mol. The Morgan fingerprint density at radius 1 is 1.21 bits per heavy atom. The van der Waals surface area contributed by atoms with Crippen LogP contribution in [-0.2, 0) is 13.2 Å². The molecule has 0 unspecified atom stereocenters. The maximum Gasteiger partial charge on any atom is 0.435 e. The summed E-state index contributed by atoms with van der Waals surface area (Å²) >= 11 is 0. The highest BCUT2D eigenvalue weighted by Gasteiger charge is 2.37. The third kappa shape index (κ3) is 1.99. The minimum atomic E-state index is -4.46. The Labute approximate surface area is 106 Å². The van der Waals surface area contributed by atoms with E-state index in [1.165, 1.54) is 17.9 Å². The normalized spacial score (nSPS) is 12.2. The van der Waals surface area contributed by atoms with Crippen molar-refractivity contribution in [2.24, 2.45) is 7.05 Å². The van der Waals surface area contributed by atoms with Crippen molar-refractivity contribution >= 4 is 10.9 Å². The number of H-pyrrole nitrogens is 1. The minimum absolute atomic E-state index is 0.0894. The number of nitrogens with zero attached hydrogens (tertiary/aromatic N) is 2. The molecular weight excluding hydrogens is 255 g/mol. The third-order valence-electron chi connectivity index (χ3n) is 2.96. The van der Waals surface area contributed by atoms with Crippen molar-refractivity contribution in [1.82, 2.24) is 14.8 Å². The number of alkyl halides is 3. The average molecular weight is 265 g/mol. The number of hydrogen-bond acceptors (Lipinski definition) is 1. The van der Waals surface area contributed by atoms with E-state index in [-0.39, 0.29) is 5.56 Å². The number of rotatable bonds is 1. The van der Waals surface area contributed by atoms with Gasteiger partial charge in [0.15, 0.2) is 5.69 Å². The van der Waals surface area contributed by atoms with E-state index >= 15 is 0 Å². The van der Waals surface area contributed by atoms with Gasteiger partial charge in [0, 0.05) is 30.5 Å². The Balaban J connectivity index is 2.20. The SMILES string of the molecule is Cn1cc(-c2ccc3cc[nH]c3c2)c(C(F)(F)F)n1. The minimum Gasteiger partial charge on any atom is -0.361 e. The Morgan fingerprint density at radius 2 is 2.00 bits per heavy atom. The van der Waals surface area contributed by atoms with Gasteiger partial charge in [-0.2, -0.15) is 18.3 Å². The molecule has 0 saturated carbocycles. The first-order valence-electron chi connectivity index (χ1n) is 5.63. The molecule has 0 fully saturated rings. The molecule has 2 heterocycles. The van der Waals surface area contributed by atoms with Gasteiger partial charge in [0.05, 0.1) is 0 Å². The van der Waals surface area contributed by atoms with Crippen molar-refractivity contribution in [2.75, 3.05) is 0 Å².